The van der Waals surface area contributed by atoms with E-state index in [-0.39, 0.29) is 0 Å². The summed E-state index contributed by atoms with van der Waals surface area (Å²) < 4.78 is 0. The number of benzene rings is 1. The van der Waals surface area contributed by atoms with Gasteiger partial charge in [-0.1, -0.05) is 37.4 Å². The number of nitrogens with zero attached hydrogens (tertiary/aromatic N) is 2. The summed E-state index contributed by atoms with van der Waals surface area (Å²) in [5.74, 6) is 2.37. The molecule has 22 heavy (non-hydrogen) atoms. The van der Waals surface area contributed by atoms with Gasteiger partial charge in [0.15, 0.2) is 0 Å². The van der Waals surface area contributed by atoms with E-state index in [9.17, 15) is 0 Å². The Morgan fingerprint density at radius 1 is 1.05 bits per heavy atom. The van der Waals surface area contributed by atoms with Gasteiger partial charge in [-0.15, -0.1) is 0 Å². The molecule has 0 fully saturated rings. The van der Waals surface area contributed by atoms with Crippen molar-refractivity contribution in [2.45, 2.75) is 40.0 Å². The maximum Gasteiger partial charge on any atom is 0.136 e. The lowest BCUT2D eigenvalue weighted by Gasteiger charge is -2.12. The van der Waals surface area contributed by atoms with Crippen LogP contribution in [0.2, 0.25) is 5.02 Å². The second-order valence-corrected chi connectivity index (χ2v) is 5.84. The molecule has 0 amide bonds. The largest absolute Gasteiger partial charge is 0.370 e. The Balaban J connectivity index is 2.10. The van der Waals surface area contributed by atoms with Crippen LogP contribution >= 0.6 is 11.6 Å². The van der Waals surface area contributed by atoms with Crippen LogP contribution in [0.15, 0.2) is 24.3 Å². The van der Waals surface area contributed by atoms with Crippen LogP contribution in [0.4, 0.5) is 17.3 Å². The molecule has 5 heteroatoms. The summed E-state index contributed by atoms with van der Waals surface area (Å²) in [4.78, 5) is 8.86. The molecule has 1 aromatic heterocycles. The Hall–Kier alpha value is -1.81. The Kier molecular flexibility index (Phi) is 6.01. The number of aryl methyl sites for hydroxylation is 2. The summed E-state index contributed by atoms with van der Waals surface area (Å²) in [5.41, 5.74) is 2.08. The maximum absolute atomic E-state index is 6.06. The minimum absolute atomic E-state index is 0.705. The van der Waals surface area contributed by atoms with Gasteiger partial charge in [0.2, 0.25) is 0 Å². The van der Waals surface area contributed by atoms with Gasteiger partial charge in [-0.3, -0.25) is 0 Å². The van der Waals surface area contributed by atoms with Gasteiger partial charge in [-0.05, 0) is 38.0 Å². The summed E-state index contributed by atoms with van der Waals surface area (Å²) in [6.07, 6.45) is 3.59. The first kappa shape index (κ1) is 16.6. The smallest absolute Gasteiger partial charge is 0.136 e. The second-order valence-electron chi connectivity index (χ2n) is 5.40. The van der Waals surface area contributed by atoms with Crippen molar-refractivity contribution in [3.05, 3.63) is 40.7 Å². The van der Waals surface area contributed by atoms with Gasteiger partial charge in [0.1, 0.15) is 17.5 Å². The lowest BCUT2D eigenvalue weighted by Crippen LogP contribution is -2.06. The Bertz CT molecular complexity index is 628. The zero-order chi connectivity index (χ0) is 15.9. The van der Waals surface area contributed by atoms with Crippen LogP contribution in [0.3, 0.4) is 0 Å². The van der Waals surface area contributed by atoms with Crippen LogP contribution in [0.1, 0.15) is 37.6 Å². The van der Waals surface area contributed by atoms with Gasteiger partial charge in [0.25, 0.3) is 0 Å². The van der Waals surface area contributed by atoms with Gasteiger partial charge < -0.3 is 10.6 Å². The van der Waals surface area contributed by atoms with Crippen molar-refractivity contribution < 1.29 is 0 Å². The molecule has 4 nitrogen and oxygen atoms in total. The predicted octanol–water partition coefficient (Wildman–Crippen LogP) is 5.09. The number of nitrogens with one attached hydrogen (secondary N) is 2. The van der Waals surface area contributed by atoms with Crippen molar-refractivity contribution >= 4 is 28.9 Å². The van der Waals surface area contributed by atoms with E-state index < -0.39 is 0 Å². The molecule has 0 aliphatic rings. The fourth-order valence-corrected chi connectivity index (χ4v) is 2.35. The van der Waals surface area contributed by atoms with Gasteiger partial charge in [0, 0.05) is 23.3 Å². The third kappa shape index (κ3) is 4.88. The van der Waals surface area contributed by atoms with E-state index in [0.717, 1.165) is 41.7 Å². The minimum Gasteiger partial charge on any atom is -0.370 e. The van der Waals surface area contributed by atoms with Crippen LogP contribution in [0, 0.1) is 13.8 Å². The van der Waals surface area contributed by atoms with Gasteiger partial charge in [-0.25, -0.2) is 9.97 Å². The minimum atomic E-state index is 0.705. The molecular weight excluding hydrogens is 296 g/mol. The van der Waals surface area contributed by atoms with E-state index >= 15 is 0 Å². The van der Waals surface area contributed by atoms with E-state index in [4.69, 9.17) is 11.6 Å². The first-order valence-electron chi connectivity index (χ1n) is 7.71. The van der Waals surface area contributed by atoms with Crippen molar-refractivity contribution in [3.63, 3.8) is 0 Å². The molecular formula is C17H23ClN4. The van der Waals surface area contributed by atoms with Crippen molar-refractivity contribution in [1.29, 1.82) is 0 Å². The number of aromatic nitrogens is 2. The number of anilines is 3. The van der Waals surface area contributed by atoms with E-state index in [1.54, 1.807) is 0 Å². The first-order valence-corrected chi connectivity index (χ1v) is 8.09. The van der Waals surface area contributed by atoms with Crippen molar-refractivity contribution in [3.8, 4) is 0 Å². The molecule has 118 valence electrons. The molecule has 0 atom stereocenters. The average molecular weight is 319 g/mol. The standard InChI is InChI=1S/C17H23ClN4/c1-4-5-6-9-19-16-11-17(21-13(3)20-16)22-15-10-14(18)8-7-12(15)2/h7-8,10-11H,4-6,9H2,1-3H3,(H2,19,20,21,22). The molecule has 2 aromatic rings. The van der Waals surface area contributed by atoms with E-state index in [1.807, 2.05) is 38.1 Å². The summed E-state index contributed by atoms with van der Waals surface area (Å²) in [6, 6.07) is 7.71. The SMILES string of the molecule is CCCCCNc1cc(Nc2cc(Cl)ccc2C)nc(C)n1. The zero-order valence-electron chi connectivity index (χ0n) is 13.4. The quantitative estimate of drug-likeness (QED) is 0.698. The normalized spacial score (nSPS) is 10.5. The number of hydrogen-bond donors (Lipinski definition) is 2. The fraction of sp³-hybridized carbons (Fsp3) is 0.412. The maximum atomic E-state index is 6.06. The molecule has 0 radical (unpaired) electrons. The molecule has 0 bridgehead atoms. The number of halogens is 1. The number of unbranched alkanes of at least 4 members (excludes halogenated alkanes) is 2. The van der Waals surface area contributed by atoms with E-state index in [2.05, 4.69) is 27.5 Å². The molecule has 0 spiro atoms. The molecule has 0 aliphatic carbocycles. The lowest BCUT2D eigenvalue weighted by molar-refractivity contribution is 0.742. The second kappa shape index (κ2) is 7.99. The molecule has 0 saturated heterocycles. The van der Waals surface area contributed by atoms with Crippen LogP contribution in [0.5, 0.6) is 0 Å². The van der Waals surface area contributed by atoms with Gasteiger partial charge in [-0.2, -0.15) is 0 Å². The number of hydrogen-bond acceptors (Lipinski definition) is 4. The summed E-state index contributed by atoms with van der Waals surface area (Å²) in [5, 5.41) is 7.38. The summed E-state index contributed by atoms with van der Waals surface area (Å²) >= 11 is 6.06. The highest BCUT2D eigenvalue weighted by Crippen LogP contribution is 2.24. The van der Waals surface area contributed by atoms with Crippen LogP contribution in [-0.2, 0) is 0 Å². The van der Waals surface area contributed by atoms with Crippen molar-refractivity contribution in [2.75, 3.05) is 17.2 Å². The molecule has 1 heterocycles. The van der Waals surface area contributed by atoms with Crippen molar-refractivity contribution in [1.82, 2.24) is 9.97 Å². The fourth-order valence-electron chi connectivity index (χ4n) is 2.18. The van der Waals surface area contributed by atoms with E-state index in [1.165, 1.54) is 12.8 Å². The zero-order valence-corrected chi connectivity index (χ0v) is 14.2. The van der Waals surface area contributed by atoms with Gasteiger partial charge >= 0.3 is 0 Å². The molecule has 2 N–H and O–H groups in total. The third-order valence-corrected chi connectivity index (χ3v) is 3.62. The molecule has 0 unspecified atom stereocenters. The molecule has 2 rings (SSSR count). The average Bonchev–Trinajstić information content (AvgIpc) is 2.47. The Morgan fingerprint density at radius 2 is 1.82 bits per heavy atom. The number of rotatable bonds is 7. The Morgan fingerprint density at radius 3 is 2.59 bits per heavy atom. The summed E-state index contributed by atoms with van der Waals surface area (Å²) in [6.45, 7) is 7.06. The van der Waals surface area contributed by atoms with E-state index in [0.29, 0.717) is 5.02 Å². The molecule has 0 saturated carbocycles. The molecule has 1 aromatic carbocycles. The Labute approximate surface area is 137 Å². The lowest BCUT2D eigenvalue weighted by atomic mass is 10.2. The van der Waals surface area contributed by atoms with Crippen LogP contribution in [0.25, 0.3) is 0 Å². The highest BCUT2D eigenvalue weighted by molar-refractivity contribution is 6.30. The van der Waals surface area contributed by atoms with Crippen LogP contribution in [-0.4, -0.2) is 16.5 Å². The highest BCUT2D eigenvalue weighted by Gasteiger charge is 2.05. The predicted molar refractivity (Wildman–Crippen MR) is 94.3 cm³/mol. The summed E-state index contributed by atoms with van der Waals surface area (Å²) in [7, 11) is 0. The monoisotopic (exact) mass is 318 g/mol. The molecule has 0 aliphatic heterocycles. The topological polar surface area (TPSA) is 49.8 Å². The van der Waals surface area contributed by atoms with Crippen molar-refractivity contribution in [2.24, 2.45) is 0 Å². The van der Waals surface area contributed by atoms with Crippen LogP contribution < -0.4 is 10.6 Å². The first-order chi connectivity index (χ1) is 10.6. The highest BCUT2D eigenvalue weighted by atomic mass is 35.5. The third-order valence-electron chi connectivity index (χ3n) is 3.39. The van der Waals surface area contributed by atoms with Gasteiger partial charge in [0.05, 0.1) is 0 Å².